The minimum atomic E-state index is -0.146. The standard InChI is InChI=1S/C60H58BN3O/c1-57(2,3)35-22-25-40(26-23-35)64-56-53(41-20-16-17-21-52(41)65-56)46-30-38(60(10,11)12)32-51-54(46)61(64)47-31-37(59(7,8)9)29-45-44-34-49-43(33-50(44)63(51)55(45)47)42-28-36(58(4,5)6)24-27-48(42)62(49)39-18-14-13-15-19-39/h13-34H,1-12H3. The van der Waals surface area contributed by atoms with Crippen LogP contribution in [0.3, 0.4) is 0 Å². The zero-order valence-corrected chi connectivity index (χ0v) is 40.0. The average molecular weight is 848 g/mol. The van der Waals surface area contributed by atoms with Crippen molar-refractivity contribution < 1.29 is 4.42 Å². The molecule has 0 fully saturated rings. The van der Waals surface area contributed by atoms with Crippen LogP contribution < -0.4 is 15.7 Å². The van der Waals surface area contributed by atoms with Crippen LogP contribution in [0, 0.1) is 0 Å². The van der Waals surface area contributed by atoms with Gasteiger partial charge in [0.1, 0.15) is 5.58 Å². The summed E-state index contributed by atoms with van der Waals surface area (Å²) in [6.45, 7) is 27.8. The van der Waals surface area contributed by atoms with Crippen LogP contribution in [0.1, 0.15) is 105 Å². The second kappa shape index (κ2) is 13.1. The Balaban J connectivity index is 1.28. The summed E-state index contributed by atoms with van der Waals surface area (Å²) < 4.78 is 12.3. The van der Waals surface area contributed by atoms with E-state index in [9.17, 15) is 0 Å². The molecule has 0 saturated heterocycles. The summed E-state index contributed by atoms with van der Waals surface area (Å²) in [6, 6.07) is 51.1. The highest BCUT2D eigenvalue weighted by atomic mass is 16.4. The summed E-state index contributed by atoms with van der Waals surface area (Å²) in [5.74, 6) is 0.909. The predicted octanol–water partition coefficient (Wildman–Crippen LogP) is 15.1. The molecule has 12 rings (SSSR count). The SMILES string of the molecule is CC(C)(C)c1ccc(N2B3c4c(cc(C(C)(C)C)cc4-n4c5cc6c7cc(C(C)(C)C)ccc7n(-c7ccccc7)c6cc5c5cc(C(C)(C)C)cc3c54)-c3c2oc2ccccc32)cc1. The lowest BCUT2D eigenvalue weighted by molar-refractivity contribution is 0.589. The van der Waals surface area contributed by atoms with Gasteiger partial charge in [-0.15, -0.1) is 0 Å². The number of nitrogens with zero attached hydrogens (tertiary/aromatic N) is 3. The molecule has 0 atom stereocenters. The van der Waals surface area contributed by atoms with Gasteiger partial charge in [-0.25, -0.2) is 0 Å². The molecule has 10 aromatic rings. The molecule has 0 N–H and O–H groups in total. The van der Waals surface area contributed by atoms with E-state index in [-0.39, 0.29) is 28.5 Å². The number of rotatable bonds is 2. The van der Waals surface area contributed by atoms with Crippen molar-refractivity contribution in [3.05, 3.63) is 156 Å². The second-order valence-electron chi connectivity index (χ2n) is 23.1. The lowest BCUT2D eigenvalue weighted by Gasteiger charge is -2.41. The summed E-state index contributed by atoms with van der Waals surface area (Å²) in [5, 5.41) is 6.26. The smallest absolute Gasteiger partial charge is 0.336 e. The van der Waals surface area contributed by atoms with Gasteiger partial charge in [-0.2, -0.15) is 0 Å². The first-order chi connectivity index (χ1) is 30.8. The minimum Gasteiger partial charge on any atom is -0.441 e. The highest BCUT2D eigenvalue weighted by molar-refractivity contribution is 6.93. The monoisotopic (exact) mass is 847 g/mol. The maximum absolute atomic E-state index is 7.16. The Kier molecular flexibility index (Phi) is 8.07. The van der Waals surface area contributed by atoms with Crippen LogP contribution in [0.5, 0.6) is 0 Å². The van der Waals surface area contributed by atoms with Crippen molar-refractivity contribution in [1.29, 1.82) is 0 Å². The van der Waals surface area contributed by atoms with E-state index >= 15 is 0 Å². The zero-order valence-electron chi connectivity index (χ0n) is 40.0. The number of aromatic nitrogens is 2. The lowest BCUT2D eigenvalue weighted by atomic mass is 9.44. The molecule has 0 unspecified atom stereocenters. The molecule has 4 nitrogen and oxygen atoms in total. The Morgan fingerprint density at radius 2 is 1.00 bits per heavy atom. The molecule has 0 radical (unpaired) electrons. The average Bonchev–Trinajstić information content (AvgIpc) is 3.91. The zero-order chi connectivity index (χ0) is 45.3. The Morgan fingerprint density at radius 1 is 0.431 bits per heavy atom. The van der Waals surface area contributed by atoms with E-state index < -0.39 is 0 Å². The van der Waals surface area contributed by atoms with E-state index in [1.54, 1.807) is 0 Å². The van der Waals surface area contributed by atoms with Crippen molar-refractivity contribution in [2.24, 2.45) is 0 Å². The highest BCUT2D eigenvalue weighted by Crippen LogP contribution is 2.51. The number of hydrogen-bond donors (Lipinski definition) is 0. The largest absolute Gasteiger partial charge is 0.441 e. The van der Waals surface area contributed by atoms with Crippen LogP contribution in [0.4, 0.5) is 11.6 Å². The van der Waals surface area contributed by atoms with Gasteiger partial charge in [-0.05, 0) is 127 Å². The Hall–Kier alpha value is -6.46. The summed E-state index contributed by atoms with van der Waals surface area (Å²) in [4.78, 5) is 2.54. The first kappa shape index (κ1) is 40.1. The quantitative estimate of drug-likeness (QED) is 0.162. The molecule has 0 bridgehead atoms. The Labute approximate surface area is 383 Å². The molecule has 322 valence electrons. The van der Waals surface area contributed by atoms with Crippen LogP contribution in [0.15, 0.2) is 138 Å². The first-order valence-corrected chi connectivity index (χ1v) is 23.5. The summed E-state index contributed by atoms with van der Waals surface area (Å²) in [6.07, 6.45) is 0. The fraction of sp³-hybridized carbons (Fsp3) is 0.267. The van der Waals surface area contributed by atoms with Gasteiger partial charge in [0.2, 0.25) is 0 Å². The predicted molar refractivity (Wildman–Crippen MR) is 279 cm³/mol. The minimum absolute atomic E-state index is 0.00394. The van der Waals surface area contributed by atoms with Crippen molar-refractivity contribution in [1.82, 2.24) is 9.13 Å². The molecule has 0 amide bonds. The third-order valence-corrected chi connectivity index (χ3v) is 14.7. The maximum atomic E-state index is 7.16. The fourth-order valence-electron chi connectivity index (χ4n) is 11.0. The van der Waals surface area contributed by atoms with Crippen molar-refractivity contribution in [3.63, 3.8) is 0 Å². The Morgan fingerprint density at radius 3 is 1.68 bits per heavy atom. The van der Waals surface area contributed by atoms with E-state index in [2.05, 4.69) is 230 Å². The molecule has 65 heavy (non-hydrogen) atoms. The summed E-state index contributed by atoms with van der Waals surface area (Å²) in [7, 11) is 0. The number of anilines is 2. The molecule has 5 heteroatoms. The Bertz CT molecular complexity index is 3630. The van der Waals surface area contributed by atoms with E-state index in [1.807, 2.05) is 0 Å². The molecule has 0 spiro atoms. The molecule has 3 aromatic heterocycles. The second-order valence-corrected chi connectivity index (χ2v) is 23.1. The van der Waals surface area contributed by atoms with Crippen LogP contribution in [0.2, 0.25) is 0 Å². The lowest BCUT2D eigenvalue weighted by Crippen LogP contribution is -2.60. The molecule has 0 aliphatic carbocycles. The molecule has 2 aliphatic rings. The van der Waals surface area contributed by atoms with Gasteiger partial charge in [0.15, 0.2) is 5.88 Å². The number of para-hydroxylation sites is 2. The molecule has 7 aromatic carbocycles. The summed E-state index contributed by atoms with van der Waals surface area (Å²) in [5.41, 5.74) is 19.6. The van der Waals surface area contributed by atoms with E-state index in [0.717, 1.165) is 22.5 Å². The van der Waals surface area contributed by atoms with Crippen molar-refractivity contribution in [3.8, 4) is 22.5 Å². The van der Waals surface area contributed by atoms with Crippen molar-refractivity contribution in [2.75, 3.05) is 4.81 Å². The molecule has 0 saturated carbocycles. The van der Waals surface area contributed by atoms with Gasteiger partial charge in [-0.1, -0.05) is 150 Å². The van der Waals surface area contributed by atoms with Gasteiger partial charge in [0, 0.05) is 44.0 Å². The van der Waals surface area contributed by atoms with Crippen molar-refractivity contribution in [2.45, 2.75) is 105 Å². The van der Waals surface area contributed by atoms with Gasteiger partial charge in [0.05, 0.1) is 27.6 Å². The van der Waals surface area contributed by atoms with Crippen LogP contribution in [-0.4, -0.2) is 16.0 Å². The van der Waals surface area contributed by atoms with Crippen LogP contribution in [0.25, 0.3) is 77.1 Å². The van der Waals surface area contributed by atoms with Crippen LogP contribution in [-0.2, 0) is 21.7 Å². The van der Waals surface area contributed by atoms with Crippen molar-refractivity contribution >= 4 is 83.9 Å². The van der Waals surface area contributed by atoms with E-state index in [0.29, 0.717) is 0 Å². The number of benzene rings is 7. The van der Waals surface area contributed by atoms with E-state index in [1.165, 1.54) is 99.3 Å². The summed E-state index contributed by atoms with van der Waals surface area (Å²) >= 11 is 0. The third-order valence-electron chi connectivity index (χ3n) is 14.7. The molecule has 2 aliphatic heterocycles. The van der Waals surface area contributed by atoms with Crippen LogP contribution >= 0.6 is 0 Å². The first-order valence-electron chi connectivity index (χ1n) is 23.5. The number of hydrogen-bond acceptors (Lipinski definition) is 2. The topological polar surface area (TPSA) is 26.2 Å². The molecule has 5 heterocycles. The van der Waals surface area contributed by atoms with Gasteiger partial charge in [0.25, 0.3) is 0 Å². The van der Waals surface area contributed by atoms with Gasteiger partial charge < -0.3 is 18.4 Å². The van der Waals surface area contributed by atoms with Gasteiger partial charge >= 0.3 is 6.85 Å². The molecular weight excluding hydrogens is 789 g/mol. The number of fused-ring (bicyclic) bond motifs is 12. The fourth-order valence-corrected chi connectivity index (χ4v) is 11.0. The third kappa shape index (κ3) is 5.76. The maximum Gasteiger partial charge on any atom is 0.336 e. The normalized spacial score (nSPS) is 14.1. The van der Waals surface area contributed by atoms with E-state index in [4.69, 9.17) is 4.42 Å². The van der Waals surface area contributed by atoms with Gasteiger partial charge in [-0.3, -0.25) is 0 Å². The number of furan rings is 1. The highest BCUT2D eigenvalue weighted by Gasteiger charge is 2.47. The molecular formula is C60H58BN3O.